The quantitative estimate of drug-likeness (QED) is 0.839. The maximum atomic E-state index is 14.0. The molecule has 1 N–H and O–H groups in total. The number of halogens is 3. The van der Waals surface area contributed by atoms with Crippen molar-refractivity contribution in [3.63, 3.8) is 0 Å². The van der Waals surface area contributed by atoms with E-state index in [1.165, 1.54) is 12.1 Å². The van der Waals surface area contributed by atoms with Gasteiger partial charge in [0, 0.05) is 16.1 Å². The van der Waals surface area contributed by atoms with Crippen LogP contribution in [-0.4, -0.2) is 6.54 Å². The van der Waals surface area contributed by atoms with Gasteiger partial charge in [0.15, 0.2) is 0 Å². The maximum absolute atomic E-state index is 14.0. The summed E-state index contributed by atoms with van der Waals surface area (Å²) < 4.78 is 28.4. The molecule has 1 atom stereocenters. The maximum Gasteiger partial charge on any atom is 0.132 e. The molecular weight excluding hydrogens is 300 g/mol. The Morgan fingerprint density at radius 1 is 1.33 bits per heavy atom. The van der Waals surface area contributed by atoms with Gasteiger partial charge >= 0.3 is 0 Å². The number of benzene rings is 1. The van der Waals surface area contributed by atoms with E-state index in [4.69, 9.17) is 0 Å². The van der Waals surface area contributed by atoms with Crippen LogP contribution >= 0.6 is 15.9 Å². The van der Waals surface area contributed by atoms with Crippen molar-refractivity contribution in [2.24, 2.45) is 5.92 Å². The predicted octanol–water partition coefficient (Wildman–Crippen LogP) is 4.57. The van der Waals surface area contributed by atoms with Crippen molar-refractivity contribution in [3.05, 3.63) is 33.8 Å². The fraction of sp³-hybridized carbons (Fsp3) is 0.571. The fourth-order valence-corrected chi connectivity index (χ4v) is 2.83. The minimum atomic E-state index is -0.456. The summed E-state index contributed by atoms with van der Waals surface area (Å²) in [4.78, 5) is 0. The van der Waals surface area contributed by atoms with Gasteiger partial charge in [-0.3, -0.25) is 0 Å². The molecule has 2 rings (SSSR count). The Labute approximate surface area is 115 Å². The summed E-state index contributed by atoms with van der Waals surface area (Å²) in [5, 5.41) is 3.29. The van der Waals surface area contributed by atoms with Crippen LogP contribution in [0.15, 0.2) is 16.6 Å². The van der Waals surface area contributed by atoms with Gasteiger partial charge in [-0.25, -0.2) is 8.78 Å². The molecule has 0 heterocycles. The third kappa shape index (κ3) is 2.91. The molecule has 1 nitrogen and oxygen atoms in total. The van der Waals surface area contributed by atoms with Crippen LogP contribution < -0.4 is 5.32 Å². The largest absolute Gasteiger partial charge is 0.310 e. The molecule has 100 valence electrons. The summed E-state index contributed by atoms with van der Waals surface area (Å²) in [5.41, 5.74) is 0.205. The molecule has 1 aromatic rings. The van der Waals surface area contributed by atoms with Crippen LogP contribution in [0.3, 0.4) is 0 Å². The Balaban J connectivity index is 2.28. The summed E-state index contributed by atoms with van der Waals surface area (Å²) >= 11 is 3.12. The van der Waals surface area contributed by atoms with E-state index in [1.54, 1.807) is 0 Å². The van der Waals surface area contributed by atoms with Crippen LogP contribution in [0, 0.1) is 17.6 Å². The van der Waals surface area contributed by atoms with Crippen molar-refractivity contribution in [2.75, 3.05) is 6.54 Å². The van der Waals surface area contributed by atoms with E-state index in [1.807, 2.05) is 0 Å². The summed E-state index contributed by atoms with van der Waals surface area (Å²) in [6.07, 6.45) is 4.23. The molecule has 18 heavy (non-hydrogen) atoms. The molecule has 0 aliphatic heterocycles. The van der Waals surface area contributed by atoms with Crippen LogP contribution in [0.4, 0.5) is 8.78 Å². The molecule has 0 spiro atoms. The summed E-state index contributed by atoms with van der Waals surface area (Å²) in [6.45, 7) is 2.84. The minimum Gasteiger partial charge on any atom is -0.310 e. The van der Waals surface area contributed by atoms with E-state index in [0.717, 1.165) is 32.2 Å². The zero-order chi connectivity index (χ0) is 13.1. The Hall–Kier alpha value is -0.480. The Morgan fingerprint density at radius 2 is 1.94 bits per heavy atom. The number of hydrogen-bond acceptors (Lipinski definition) is 1. The van der Waals surface area contributed by atoms with E-state index < -0.39 is 11.6 Å². The Morgan fingerprint density at radius 3 is 2.39 bits per heavy atom. The Bertz CT molecular complexity index is 395. The molecule has 0 aromatic heterocycles. The first-order chi connectivity index (χ1) is 8.63. The second-order valence-corrected chi connectivity index (χ2v) is 5.82. The van der Waals surface area contributed by atoms with Gasteiger partial charge in [-0.2, -0.15) is 0 Å². The van der Waals surface area contributed by atoms with Gasteiger partial charge in [-0.05, 0) is 43.9 Å². The van der Waals surface area contributed by atoms with Crippen LogP contribution in [-0.2, 0) is 0 Å². The first-order valence-electron chi connectivity index (χ1n) is 6.51. The summed E-state index contributed by atoms with van der Waals surface area (Å²) in [6, 6.07) is 2.50. The summed E-state index contributed by atoms with van der Waals surface area (Å²) in [7, 11) is 0. The van der Waals surface area contributed by atoms with Gasteiger partial charge in [0.05, 0.1) is 0 Å². The van der Waals surface area contributed by atoms with Crippen LogP contribution in [0.25, 0.3) is 0 Å². The minimum absolute atomic E-state index is 0.188. The zero-order valence-corrected chi connectivity index (χ0v) is 12.1. The third-order valence-electron chi connectivity index (χ3n) is 3.59. The highest BCUT2D eigenvalue weighted by Gasteiger charge is 2.31. The Kier molecular flexibility index (Phi) is 4.73. The average Bonchev–Trinajstić information content (AvgIpc) is 2.21. The number of hydrogen-bond donors (Lipinski definition) is 1. The standard InChI is InChI=1S/C14H18BrF2N/c1-2-6-18-14(9-4-3-5-9)13-11(16)7-10(15)8-12(13)17/h7-9,14,18H,2-6H2,1H3. The number of nitrogens with one attached hydrogen (secondary N) is 1. The lowest BCUT2D eigenvalue weighted by Gasteiger charge is -2.35. The van der Waals surface area contributed by atoms with Gasteiger partial charge in [-0.1, -0.05) is 29.3 Å². The van der Waals surface area contributed by atoms with Crippen molar-refractivity contribution >= 4 is 15.9 Å². The lowest BCUT2D eigenvalue weighted by Crippen LogP contribution is -2.34. The smallest absolute Gasteiger partial charge is 0.132 e. The second kappa shape index (κ2) is 6.11. The van der Waals surface area contributed by atoms with Crippen molar-refractivity contribution in [2.45, 2.75) is 38.6 Å². The topological polar surface area (TPSA) is 12.0 Å². The van der Waals surface area contributed by atoms with E-state index in [-0.39, 0.29) is 11.6 Å². The van der Waals surface area contributed by atoms with Crippen molar-refractivity contribution in [3.8, 4) is 0 Å². The van der Waals surface area contributed by atoms with E-state index in [9.17, 15) is 8.78 Å². The van der Waals surface area contributed by atoms with Crippen molar-refractivity contribution in [1.82, 2.24) is 5.32 Å². The molecule has 0 radical (unpaired) electrons. The lowest BCUT2D eigenvalue weighted by molar-refractivity contribution is 0.222. The predicted molar refractivity (Wildman–Crippen MR) is 72.4 cm³/mol. The van der Waals surface area contributed by atoms with Crippen LogP contribution in [0.5, 0.6) is 0 Å². The van der Waals surface area contributed by atoms with Gasteiger partial charge in [0.1, 0.15) is 11.6 Å². The van der Waals surface area contributed by atoms with Crippen molar-refractivity contribution < 1.29 is 8.78 Å². The molecule has 1 saturated carbocycles. The molecule has 1 fully saturated rings. The lowest BCUT2D eigenvalue weighted by atomic mass is 9.77. The third-order valence-corrected chi connectivity index (χ3v) is 4.05. The van der Waals surface area contributed by atoms with Gasteiger partial charge < -0.3 is 5.32 Å². The van der Waals surface area contributed by atoms with Gasteiger partial charge in [-0.15, -0.1) is 0 Å². The van der Waals surface area contributed by atoms with E-state index >= 15 is 0 Å². The number of rotatable bonds is 5. The highest BCUT2D eigenvalue weighted by molar-refractivity contribution is 9.10. The molecule has 0 saturated heterocycles. The highest BCUT2D eigenvalue weighted by atomic mass is 79.9. The van der Waals surface area contributed by atoms with E-state index in [0.29, 0.717) is 10.4 Å². The van der Waals surface area contributed by atoms with Gasteiger partial charge in [0.25, 0.3) is 0 Å². The average molecular weight is 318 g/mol. The monoisotopic (exact) mass is 317 g/mol. The highest BCUT2D eigenvalue weighted by Crippen LogP contribution is 2.39. The first-order valence-corrected chi connectivity index (χ1v) is 7.30. The molecule has 0 amide bonds. The van der Waals surface area contributed by atoms with Crippen LogP contribution in [0.1, 0.15) is 44.2 Å². The molecule has 1 unspecified atom stereocenters. The molecular formula is C14H18BrF2N. The fourth-order valence-electron chi connectivity index (χ4n) is 2.43. The molecule has 1 aliphatic carbocycles. The normalized spacial score (nSPS) is 17.6. The van der Waals surface area contributed by atoms with E-state index in [2.05, 4.69) is 28.2 Å². The zero-order valence-electron chi connectivity index (χ0n) is 10.5. The molecule has 0 bridgehead atoms. The SMILES string of the molecule is CCCNC(c1c(F)cc(Br)cc1F)C1CCC1. The first kappa shape index (κ1) is 13.9. The van der Waals surface area contributed by atoms with Crippen LogP contribution in [0.2, 0.25) is 0 Å². The molecule has 4 heteroatoms. The molecule has 1 aliphatic rings. The molecule has 1 aromatic carbocycles. The second-order valence-electron chi connectivity index (χ2n) is 4.91. The summed E-state index contributed by atoms with van der Waals surface area (Å²) in [5.74, 6) is -0.550. The van der Waals surface area contributed by atoms with Crippen molar-refractivity contribution in [1.29, 1.82) is 0 Å². The van der Waals surface area contributed by atoms with Gasteiger partial charge in [0.2, 0.25) is 0 Å².